The molecule has 0 saturated carbocycles. The number of anilines is 3. The van der Waals surface area contributed by atoms with Crippen LogP contribution in [0.5, 0.6) is 0 Å². The Kier molecular flexibility index (Phi) is 12.9. The number of hydrogen-bond acceptors (Lipinski definition) is 1. The topological polar surface area (TPSA) is 3.24 Å². The Labute approximate surface area is 333 Å². The highest BCUT2D eigenvalue weighted by Crippen LogP contribution is 2.47. The summed E-state index contributed by atoms with van der Waals surface area (Å²) in [5, 5.41) is 4.84. The highest BCUT2D eigenvalue weighted by molar-refractivity contribution is 6.18. The van der Waals surface area contributed by atoms with E-state index < -0.39 is 0 Å². The molecule has 0 heterocycles. The molecule has 0 spiro atoms. The molecule has 0 aliphatic heterocycles. The van der Waals surface area contributed by atoms with Crippen molar-refractivity contribution < 1.29 is 0 Å². The van der Waals surface area contributed by atoms with Gasteiger partial charge in [0.25, 0.3) is 0 Å². The molecule has 1 heteroatoms. The number of rotatable bonds is 13. The summed E-state index contributed by atoms with van der Waals surface area (Å²) in [5.74, 6) is 7.29. The number of nitrogens with zero attached hydrogens (tertiary/aromatic N) is 1. The minimum Gasteiger partial charge on any atom is -0.309 e. The van der Waals surface area contributed by atoms with Crippen molar-refractivity contribution in [1.82, 2.24) is 0 Å². The number of unbranched alkanes of at least 4 members (excludes halogenated alkanes) is 6. The molecule has 6 rings (SSSR count). The van der Waals surface area contributed by atoms with Crippen LogP contribution in [0.2, 0.25) is 0 Å². The van der Waals surface area contributed by atoms with E-state index in [-0.39, 0.29) is 10.8 Å². The number of hydrogen-bond donors (Lipinski definition) is 0. The lowest BCUT2D eigenvalue weighted by Crippen LogP contribution is -2.15. The summed E-state index contributed by atoms with van der Waals surface area (Å²) in [4.78, 5) is 2.53. The smallest absolute Gasteiger partial charge is 0.0619 e. The summed E-state index contributed by atoms with van der Waals surface area (Å²) in [6.45, 7) is 18.4. The largest absolute Gasteiger partial charge is 0.309 e. The number of aryl methyl sites for hydroxylation is 2. The van der Waals surface area contributed by atoms with Crippen LogP contribution in [0, 0.1) is 11.8 Å². The summed E-state index contributed by atoms with van der Waals surface area (Å²) < 4.78 is 0. The third-order valence-corrected chi connectivity index (χ3v) is 11.2. The number of benzene rings is 6. The predicted molar refractivity (Wildman–Crippen MR) is 242 cm³/mol. The predicted octanol–water partition coefficient (Wildman–Crippen LogP) is 15.7. The highest BCUT2D eigenvalue weighted by Gasteiger charge is 2.25. The lowest BCUT2D eigenvalue weighted by atomic mass is 9.82. The van der Waals surface area contributed by atoms with Gasteiger partial charge in [0.15, 0.2) is 0 Å². The van der Waals surface area contributed by atoms with E-state index >= 15 is 0 Å². The molecule has 6 aromatic carbocycles. The van der Waals surface area contributed by atoms with Crippen LogP contribution >= 0.6 is 0 Å². The molecule has 0 saturated heterocycles. The van der Waals surface area contributed by atoms with Crippen molar-refractivity contribution in [3.05, 3.63) is 149 Å². The highest BCUT2D eigenvalue weighted by atomic mass is 15.1. The third-order valence-electron chi connectivity index (χ3n) is 11.2. The van der Waals surface area contributed by atoms with Gasteiger partial charge in [-0.1, -0.05) is 172 Å². The Morgan fingerprint density at radius 1 is 0.455 bits per heavy atom. The molecule has 0 atom stereocenters. The molecule has 0 radical (unpaired) electrons. The molecular formula is C54H63N. The van der Waals surface area contributed by atoms with Crippen LogP contribution in [0.3, 0.4) is 0 Å². The summed E-state index contributed by atoms with van der Waals surface area (Å²) >= 11 is 0. The molecule has 6 aromatic rings. The molecule has 0 N–H and O–H groups in total. The van der Waals surface area contributed by atoms with Gasteiger partial charge in [0.1, 0.15) is 0 Å². The maximum absolute atomic E-state index is 3.73. The molecule has 0 unspecified atom stereocenters. The monoisotopic (exact) mass is 725 g/mol. The molecule has 0 aliphatic carbocycles. The SMILES string of the molecule is CCCCCCc1ccc(N(c2ccc(CCCCCC)cc2)c2c3ccc(C(C)(C)C)cc3c(C#Cc3ccccc3)c3ccc(C(C)(C)C)cc23)cc1. The maximum atomic E-state index is 3.73. The fraction of sp³-hybridized carbons (Fsp3) is 0.370. The van der Waals surface area contributed by atoms with Crippen molar-refractivity contribution in [3.8, 4) is 11.8 Å². The first-order chi connectivity index (χ1) is 26.5. The van der Waals surface area contributed by atoms with Crippen LogP contribution in [0.4, 0.5) is 17.1 Å². The van der Waals surface area contributed by atoms with Gasteiger partial charge in [0.2, 0.25) is 0 Å². The molecule has 0 amide bonds. The average molecular weight is 726 g/mol. The Bertz CT molecular complexity index is 2180. The van der Waals surface area contributed by atoms with Crippen LogP contribution in [0.25, 0.3) is 21.5 Å². The lowest BCUT2D eigenvalue weighted by Gasteiger charge is -2.31. The van der Waals surface area contributed by atoms with E-state index in [1.807, 2.05) is 0 Å². The zero-order chi connectivity index (χ0) is 39.0. The van der Waals surface area contributed by atoms with Gasteiger partial charge in [0.05, 0.1) is 5.69 Å². The summed E-state index contributed by atoms with van der Waals surface area (Å²) in [7, 11) is 0. The standard InChI is InChI=1S/C54H63N/c1-9-11-13-16-22-41-24-31-45(32-25-41)55(46-33-26-42(27-34-46)23-17-14-12-10-2)52-49-37-30-43(53(3,4)5)38-50(49)47(35-28-40-20-18-15-19-21-40)48-36-29-44(39-51(48)52)54(6,7)8/h15,18-21,24-27,29-34,36-39H,9-14,16-17,22-23H2,1-8H3. The van der Waals surface area contributed by atoms with Crippen molar-refractivity contribution in [2.24, 2.45) is 0 Å². The fourth-order valence-corrected chi connectivity index (χ4v) is 7.71. The molecule has 1 nitrogen and oxygen atoms in total. The van der Waals surface area contributed by atoms with Gasteiger partial charge in [-0.15, -0.1) is 0 Å². The molecule has 55 heavy (non-hydrogen) atoms. The quantitative estimate of drug-likeness (QED) is 0.0651. The van der Waals surface area contributed by atoms with E-state index in [9.17, 15) is 0 Å². The van der Waals surface area contributed by atoms with E-state index in [4.69, 9.17) is 0 Å². The zero-order valence-electron chi connectivity index (χ0n) is 35.0. The van der Waals surface area contributed by atoms with Gasteiger partial charge in [0, 0.05) is 44.0 Å². The molecular weight excluding hydrogens is 663 g/mol. The van der Waals surface area contributed by atoms with Gasteiger partial charge < -0.3 is 4.90 Å². The summed E-state index contributed by atoms with van der Waals surface area (Å²) in [5.41, 5.74) is 11.1. The minimum atomic E-state index is -0.0178. The van der Waals surface area contributed by atoms with Crippen LogP contribution in [-0.2, 0) is 23.7 Å². The van der Waals surface area contributed by atoms with E-state index in [0.29, 0.717) is 0 Å². The van der Waals surface area contributed by atoms with Crippen molar-refractivity contribution >= 4 is 38.6 Å². The molecule has 0 bridgehead atoms. The Morgan fingerprint density at radius 2 is 0.945 bits per heavy atom. The second kappa shape index (κ2) is 17.8. The third kappa shape index (κ3) is 9.72. The van der Waals surface area contributed by atoms with Crippen LogP contribution in [-0.4, -0.2) is 0 Å². The normalized spacial score (nSPS) is 11.9. The van der Waals surface area contributed by atoms with E-state index in [1.54, 1.807) is 0 Å². The molecule has 0 fully saturated rings. The molecule has 284 valence electrons. The van der Waals surface area contributed by atoms with Gasteiger partial charge in [-0.05, 0) is 107 Å². The maximum Gasteiger partial charge on any atom is 0.0619 e. The first-order valence-electron chi connectivity index (χ1n) is 21.1. The summed E-state index contributed by atoms with van der Waals surface area (Å²) in [6.07, 6.45) is 12.4. The van der Waals surface area contributed by atoms with Gasteiger partial charge in [-0.2, -0.15) is 0 Å². The lowest BCUT2D eigenvalue weighted by molar-refractivity contribution is 0.590. The van der Waals surface area contributed by atoms with Gasteiger partial charge in [-0.25, -0.2) is 0 Å². The van der Waals surface area contributed by atoms with Crippen LogP contribution < -0.4 is 4.90 Å². The van der Waals surface area contributed by atoms with E-state index in [0.717, 1.165) is 24.0 Å². The van der Waals surface area contributed by atoms with Gasteiger partial charge in [-0.3, -0.25) is 0 Å². The van der Waals surface area contributed by atoms with Crippen LogP contribution in [0.1, 0.15) is 140 Å². The Hall–Kier alpha value is -4.80. The molecule has 0 aromatic heterocycles. The Balaban J connectivity index is 1.64. The van der Waals surface area contributed by atoms with Crippen LogP contribution in [0.15, 0.2) is 115 Å². The Morgan fingerprint density at radius 3 is 1.44 bits per heavy atom. The molecule has 0 aliphatic rings. The number of fused-ring (bicyclic) bond motifs is 2. The van der Waals surface area contributed by atoms with Crippen molar-refractivity contribution in [3.63, 3.8) is 0 Å². The van der Waals surface area contributed by atoms with Gasteiger partial charge >= 0.3 is 0 Å². The second-order valence-corrected chi connectivity index (χ2v) is 17.6. The van der Waals surface area contributed by atoms with E-state index in [1.165, 1.54) is 112 Å². The van der Waals surface area contributed by atoms with Crippen molar-refractivity contribution in [2.75, 3.05) is 4.90 Å². The fourth-order valence-electron chi connectivity index (χ4n) is 7.71. The zero-order valence-corrected chi connectivity index (χ0v) is 35.0. The van der Waals surface area contributed by atoms with Crippen molar-refractivity contribution in [2.45, 2.75) is 130 Å². The summed E-state index contributed by atoms with van der Waals surface area (Å²) in [6, 6.07) is 43.5. The average Bonchev–Trinajstić information content (AvgIpc) is 3.18. The minimum absolute atomic E-state index is 0.0108. The second-order valence-electron chi connectivity index (χ2n) is 17.6. The van der Waals surface area contributed by atoms with Crippen molar-refractivity contribution in [1.29, 1.82) is 0 Å². The first-order valence-corrected chi connectivity index (χ1v) is 21.1. The van der Waals surface area contributed by atoms with E-state index in [2.05, 4.69) is 187 Å². The first kappa shape index (κ1) is 39.9.